The second-order valence-corrected chi connectivity index (χ2v) is 4.40. The predicted octanol–water partition coefficient (Wildman–Crippen LogP) is 2.24. The summed E-state index contributed by atoms with van der Waals surface area (Å²) in [4.78, 5) is 16.1. The largest absolute Gasteiger partial charge is 0.507 e. The molecule has 0 aliphatic heterocycles. The van der Waals surface area contributed by atoms with Crippen molar-refractivity contribution in [1.29, 1.82) is 0 Å². The molecule has 0 aliphatic rings. The lowest BCUT2D eigenvalue weighted by Gasteiger charge is -2.08. The lowest BCUT2D eigenvalue weighted by molar-refractivity contribution is 0.102. The molecule has 1 aromatic carbocycles. The van der Waals surface area contributed by atoms with E-state index in [-0.39, 0.29) is 11.3 Å². The molecule has 1 amide bonds. The Balaban J connectivity index is 2.25. The average molecular weight is 257 g/mol. The highest BCUT2D eigenvalue weighted by Gasteiger charge is 2.12. The third kappa shape index (κ3) is 2.82. The van der Waals surface area contributed by atoms with E-state index in [1.54, 1.807) is 18.2 Å². The van der Waals surface area contributed by atoms with Gasteiger partial charge in [0.25, 0.3) is 5.91 Å². The van der Waals surface area contributed by atoms with Crippen molar-refractivity contribution in [3.8, 4) is 5.75 Å². The van der Waals surface area contributed by atoms with Gasteiger partial charge in [-0.2, -0.15) is 0 Å². The van der Waals surface area contributed by atoms with Crippen LogP contribution < -0.4 is 11.1 Å². The monoisotopic (exact) mass is 257 g/mol. The predicted molar refractivity (Wildman–Crippen MR) is 74.2 cm³/mol. The van der Waals surface area contributed by atoms with Crippen LogP contribution in [0.15, 0.2) is 30.5 Å². The number of aromatic nitrogens is 1. The Hall–Kier alpha value is -2.56. The minimum absolute atomic E-state index is 0.0599. The summed E-state index contributed by atoms with van der Waals surface area (Å²) < 4.78 is 0. The summed E-state index contributed by atoms with van der Waals surface area (Å²) >= 11 is 0. The molecule has 98 valence electrons. The van der Waals surface area contributed by atoms with Crippen LogP contribution in [0.4, 0.5) is 11.5 Å². The van der Waals surface area contributed by atoms with Crippen molar-refractivity contribution < 1.29 is 9.90 Å². The molecular weight excluding hydrogens is 242 g/mol. The second kappa shape index (κ2) is 4.97. The Bertz CT molecular complexity index is 639. The van der Waals surface area contributed by atoms with Gasteiger partial charge in [0.1, 0.15) is 11.6 Å². The third-order valence-corrected chi connectivity index (χ3v) is 2.79. The molecule has 0 bridgehead atoms. The number of anilines is 2. The number of aromatic hydroxyl groups is 1. The molecule has 2 aromatic rings. The first kappa shape index (κ1) is 12.9. The van der Waals surface area contributed by atoms with Crippen molar-refractivity contribution in [3.05, 3.63) is 47.2 Å². The standard InChI is InChI=1S/C14H15N3O2/c1-8-3-4-12(18)10(5-8)14(19)17-13-6-9(2)11(15)7-16-13/h3-7,18H,15H2,1-2H3,(H,16,17,19). The highest BCUT2D eigenvalue weighted by Crippen LogP contribution is 2.20. The van der Waals surface area contributed by atoms with E-state index in [2.05, 4.69) is 10.3 Å². The number of amides is 1. The smallest absolute Gasteiger partial charge is 0.260 e. The molecule has 5 nitrogen and oxygen atoms in total. The maximum Gasteiger partial charge on any atom is 0.260 e. The Morgan fingerprint density at radius 3 is 2.74 bits per heavy atom. The molecule has 1 heterocycles. The third-order valence-electron chi connectivity index (χ3n) is 2.79. The molecule has 0 saturated carbocycles. The maximum atomic E-state index is 12.0. The molecule has 0 saturated heterocycles. The van der Waals surface area contributed by atoms with Crippen molar-refractivity contribution in [2.24, 2.45) is 0 Å². The zero-order chi connectivity index (χ0) is 14.0. The normalized spacial score (nSPS) is 10.2. The highest BCUT2D eigenvalue weighted by atomic mass is 16.3. The summed E-state index contributed by atoms with van der Waals surface area (Å²) in [5, 5.41) is 12.3. The molecule has 0 aliphatic carbocycles. The number of phenols is 1. The van der Waals surface area contributed by atoms with Gasteiger partial charge in [0.05, 0.1) is 17.4 Å². The molecule has 0 spiro atoms. The van der Waals surface area contributed by atoms with E-state index in [1.165, 1.54) is 12.3 Å². The van der Waals surface area contributed by atoms with E-state index < -0.39 is 5.91 Å². The lowest BCUT2D eigenvalue weighted by Crippen LogP contribution is -2.13. The van der Waals surface area contributed by atoms with E-state index in [0.29, 0.717) is 11.5 Å². The zero-order valence-corrected chi connectivity index (χ0v) is 10.8. The first-order valence-electron chi connectivity index (χ1n) is 5.80. The Morgan fingerprint density at radius 2 is 2.05 bits per heavy atom. The van der Waals surface area contributed by atoms with E-state index in [4.69, 9.17) is 5.73 Å². The SMILES string of the molecule is Cc1ccc(O)c(C(=O)Nc2cc(C)c(N)cn2)c1. The molecule has 5 heteroatoms. The van der Waals surface area contributed by atoms with Gasteiger partial charge in [-0.15, -0.1) is 0 Å². The maximum absolute atomic E-state index is 12.0. The van der Waals surface area contributed by atoms with Crippen molar-refractivity contribution >= 4 is 17.4 Å². The molecule has 4 N–H and O–H groups in total. The van der Waals surface area contributed by atoms with Crippen LogP contribution in [-0.2, 0) is 0 Å². The lowest BCUT2D eigenvalue weighted by atomic mass is 10.1. The molecule has 0 radical (unpaired) electrons. The summed E-state index contributed by atoms with van der Waals surface area (Å²) in [5.41, 5.74) is 8.17. The van der Waals surface area contributed by atoms with Gasteiger partial charge >= 0.3 is 0 Å². The number of phenolic OH excluding ortho intramolecular Hbond substituents is 1. The van der Waals surface area contributed by atoms with Crippen LogP contribution in [0.3, 0.4) is 0 Å². The minimum Gasteiger partial charge on any atom is -0.507 e. The number of pyridine rings is 1. The van der Waals surface area contributed by atoms with Gasteiger partial charge in [-0.05, 0) is 37.6 Å². The number of nitrogens with one attached hydrogen (secondary N) is 1. The van der Waals surface area contributed by atoms with Gasteiger partial charge in [0.15, 0.2) is 0 Å². The second-order valence-electron chi connectivity index (χ2n) is 4.40. The fourth-order valence-electron chi connectivity index (χ4n) is 1.65. The van der Waals surface area contributed by atoms with Gasteiger partial charge in [-0.3, -0.25) is 4.79 Å². The van der Waals surface area contributed by atoms with Gasteiger partial charge < -0.3 is 16.2 Å². The number of carbonyl (C=O) groups is 1. The molecule has 2 rings (SSSR count). The number of benzene rings is 1. The first-order valence-corrected chi connectivity index (χ1v) is 5.80. The number of nitrogen functional groups attached to an aromatic ring is 1. The van der Waals surface area contributed by atoms with Crippen LogP contribution in [0.25, 0.3) is 0 Å². The van der Waals surface area contributed by atoms with Crippen LogP contribution >= 0.6 is 0 Å². The molecule has 1 aromatic heterocycles. The number of aryl methyl sites for hydroxylation is 2. The van der Waals surface area contributed by atoms with E-state index in [9.17, 15) is 9.90 Å². The molecule has 0 fully saturated rings. The highest BCUT2D eigenvalue weighted by molar-refractivity contribution is 6.05. The number of hydrogen-bond acceptors (Lipinski definition) is 4. The number of carbonyl (C=O) groups excluding carboxylic acids is 1. The zero-order valence-electron chi connectivity index (χ0n) is 10.8. The molecule has 19 heavy (non-hydrogen) atoms. The Labute approximate surface area is 111 Å². The fourth-order valence-corrected chi connectivity index (χ4v) is 1.65. The summed E-state index contributed by atoms with van der Waals surface area (Å²) in [7, 11) is 0. The summed E-state index contributed by atoms with van der Waals surface area (Å²) in [6.07, 6.45) is 1.49. The van der Waals surface area contributed by atoms with Crippen LogP contribution in [-0.4, -0.2) is 16.0 Å². The van der Waals surface area contributed by atoms with Crippen molar-refractivity contribution in [3.63, 3.8) is 0 Å². The first-order chi connectivity index (χ1) is 8.97. The van der Waals surface area contributed by atoms with Crippen molar-refractivity contribution in [2.45, 2.75) is 13.8 Å². The van der Waals surface area contributed by atoms with E-state index in [1.807, 2.05) is 13.8 Å². The number of rotatable bonds is 2. The molecular formula is C14H15N3O2. The van der Waals surface area contributed by atoms with E-state index >= 15 is 0 Å². The topological polar surface area (TPSA) is 88.2 Å². The summed E-state index contributed by atoms with van der Waals surface area (Å²) in [6.45, 7) is 3.68. The van der Waals surface area contributed by atoms with Crippen LogP contribution in [0.1, 0.15) is 21.5 Å². The van der Waals surface area contributed by atoms with Crippen molar-refractivity contribution in [2.75, 3.05) is 11.1 Å². The average Bonchev–Trinajstić information content (AvgIpc) is 2.36. The van der Waals surface area contributed by atoms with Gasteiger partial charge in [0, 0.05) is 0 Å². The van der Waals surface area contributed by atoms with Gasteiger partial charge in [-0.1, -0.05) is 11.6 Å². The quantitative estimate of drug-likeness (QED) is 0.769. The van der Waals surface area contributed by atoms with Crippen LogP contribution in [0.5, 0.6) is 5.75 Å². The summed E-state index contributed by atoms with van der Waals surface area (Å²) in [5.74, 6) is -0.0641. The fraction of sp³-hybridized carbons (Fsp3) is 0.143. The Morgan fingerprint density at radius 1 is 1.32 bits per heavy atom. The Kier molecular flexibility index (Phi) is 3.37. The minimum atomic E-state index is -0.405. The number of hydrogen-bond donors (Lipinski definition) is 3. The van der Waals surface area contributed by atoms with Crippen LogP contribution in [0.2, 0.25) is 0 Å². The van der Waals surface area contributed by atoms with Gasteiger partial charge in [0.2, 0.25) is 0 Å². The number of nitrogens with zero attached hydrogens (tertiary/aromatic N) is 1. The number of nitrogens with two attached hydrogens (primary N) is 1. The summed E-state index contributed by atoms with van der Waals surface area (Å²) in [6, 6.07) is 6.53. The van der Waals surface area contributed by atoms with Crippen molar-refractivity contribution in [1.82, 2.24) is 4.98 Å². The molecule has 0 atom stereocenters. The van der Waals surface area contributed by atoms with E-state index in [0.717, 1.165) is 11.1 Å². The van der Waals surface area contributed by atoms with Crippen LogP contribution in [0, 0.1) is 13.8 Å². The molecule has 0 unspecified atom stereocenters. The van der Waals surface area contributed by atoms with Gasteiger partial charge in [-0.25, -0.2) is 4.98 Å².